The maximum absolute atomic E-state index is 2.46. The van der Waals surface area contributed by atoms with E-state index in [-0.39, 0.29) is 0 Å². The topological polar surface area (TPSA) is 6.48 Å². The number of anilines is 6. The summed E-state index contributed by atoms with van der Waals surface area (Å²) in [7, 11) is 0. The van der Waals surface area contributed by atoms with Crippen LogP contribution in [0.3, 0.4) is 0 Å². The zero-order valence-corrected chi connectivity index (χ0v) is 32.9. The van der Waals surface area contributed by atoms with Crippen molar-refractivity contribution in [3.63, 3.8) is 0 Å². The Labute approximate surface area is 343 Å². The predicted octanol–water partition coefficient (Wildman–Crippen LogP) is 15.6. The van der Waals surface area contributed by atoms with E-state index < -0.39 is 0 Å². The standard InChI is InChI=1S/C56H48N2/c1-3-12-49(13-4-1)57(51-28-20-44(21-29-51)43-18-26-48(27-19-43)56-37-40-34-41(38-56)36-42(35-40)39-56)52-30-22-45(23-31-52)46-24-32-53(33-25-46)58(50-14-5-2-6-15-50)55-17-9-11-47-10-7-8-16-54(47)55/h1-33,40-42H,34-39H2. The molecule has 4 saturated carbocycles. The van der Waals surface area contributed by atoms with Crippen molar-refractivity contribution in [2.45, 2.75) is 43.9 Å². The Bertz CT molecular complexity index is 2620. The second-order valence-electron chi connectivity index (χ2n) is 17.3. The van der Waals surface area contributed by atoms with Crippen molar-refractivity contribution in [1.29, 1.82) is 0 Å². The van der Waals surface area contributed by atoms with Crippen molar-refractivity contribution >= 4 is 44.9 Å². The van der Waals surface area contributed by atoms with Crippen LogP contribution in [0, 0.1) is 17.8 Å². The fourth-order valence-electron chi connectivity index (χ4n) is 11.3. The van der Waals surface area contributed by atoms with E-state index in [1.54, 1.807) is 5.56 Å². The number of hydrogen-bond donors (Lipinski definition) is 0. The van der Waals surface area contributed by atoms with Crippen LogP contribution in [0.15, 0.2) is 200 Å². The third-order valence-corrected chi connectivity index (χ3v) is 13.6. The van der Waals surface area contributed by atoms with Gasteiger partial charge >= 0.3 is 0 Å². The minimum absolute atomic E-state index is 0.438. The number of rotatable bonds is 9. The molecule has 0 unspecified atom stereocenters. The van der Waals surface area contributed by atoms with Gasteiger partial charge in [-0.15, -0.1) is 0 Å². The molecule has 4 bridgehead atoms. The molecule has 4 aliphatic carbocycles. The van der Waals surface area contributed by atoms with Gasteiger partial charge < -0.3 is 9.80 Å². The molecule has 0 atom stereocenters. The van der Waals surface area contributed by atoms with E-state index in [0.29, 0.717) is 5.41 Å². The number of nitrogens with zero attached hydrogens (tertiary/aromatic N) is 2. The largest absolute Gasteiger partial charge is 0.311 e. The molecule has 8 aromatic carbocycles. The molecule has 4 aliphatic rings. The highest BCUT2D eigenvalue weighted by atomic mass is 15.1. The van der Waals surface area contributed by atoms with Gasteiger partial charge in [-0.05, 0) is 162 Å². The fourth-order valence-corrected chi connectivity index (χ4v) is 11.3. The number of hydrogen-bond acceptors (Lipinski definition) is 2. The van der Waals surface area contributed by atoms with Crippen LogP contribution in [0.25, 0.3) is 33.0 Å². The summed E-state index contributed by atoms with van der Waals surface area (Å²) >= 11 is 0. The van der Waals surface area contributed by atoms with Crippen molar-refractivity contribution in [1.82, 2.24) is 0 Å². The zero-order valence-electron chi connectivity index (χ0n) is 32.9. The van der Waals surface area contributed by atoms with Crippen LogP contribution < -0.4 is 9.80 Å². The zero-order chi connectivity index (χ0) is 38.5. The molecule has 12 rings (SSSR count). The summed E-state index contributed by atoms with van der Waals surface area (Å²) < 4.78 is 0. The Kier molecular flexibility index (Phi) is 8.73. The Hall–Kier alpha value is -6.38. The molecule has 0 aliphatic heterocycles. The molecular weight excluding hydrogens is 701 g/mol. The maximum Gasteiger partial charge on any atom is 0.0540 e. The molecule has 0 spiro atoms. The van der Waals surface area contributed by atoms with E-state index in [1.165, 1.54) is 77.2 Å². The Morgan fingerprint density at radius 1 is 0.328 bits per heavy atom. The lowest BCUT2D eigenvalue weighted by atomic mass is 9.48. The first-order valence-corrected chi connectivity index (χ1v) is 21.3. The molecular formula is C56H48N2. The summed E-state index contributed by atoms with van der Waals surface area (Å²) in [6, 6.07) is 73.3. The van der Waals surface area contributed by atoms with E-state index in [1.807, 2.05) is 0 Å². The molecule has 282 valence electrons. The quantitative estimate of drug-likeness (QED) is 0.145. The van der Waals surface area contributed by atoms with Gasteiger partial charge in [0.1, 0.15) is 0 Å². The maximum atomic E-state index is 2.46. The van der Waals surface area contributed by atoms with Crippen LogP contribution in [0.2, 0.25) is 0 Å². The lowest BCUT2D eigenvalue weighted by Gasteiger charge is -2.57. The van der Waals surface area contributed by atoms with E-state index in [2.05, 4.69) is 210 Å². The van der Waals surface area contributed by atoms with E-state index in [4.69, 9.17) is 0 Å². The summed E-state index contributed by atoms with van der Waals surface area (Å²) in [5.41, 5.74) is 13.8. The van der Waals surface area contributed by atoms with E-state index in [9.17, 15) is 0 Å². The average Bonchev–Trinajstić information content (AvgIpc) is 3.28. The van der Waals surface area contributed by atoms with E-state index in [0.717, 1.165) is 46.2 Å². The molecule has 0 heterocycles. The highest BCUT2D eigenvalue weighted by Crippen LogP contribution is 2.60. The Morgan fingerprint density at radius 2 is 0.707 bits per heavy atom. The van der Waals surface area contributed by atoms with Crippen LogP contribution in [-0.2, 0) is 5.41 Å². The van der Waals surface area contributed by atoms with Gasteiger partial charge in [-0.1, -0.05) is 133 Å². The van der Waals surface area contributed by atoms with Gasteiger partial charge in [-0.2, -0.15) is 0 Å². The molecule has 2 nitrogen and oxygen atoms in total. The summed E-state index contributed by atoms with van der Waals surface area (Å²) in [5, 5.41) is 2.46. The SMILES string of the molecule is c1ccc(N(c2ccc(-c3ccc(N(c4ccccc4)c4cccc5ccccc45)cc3)cc2)c2ccc(-c3ccc(C45CC6CC(CC(C6)C4)C5)cc3)cc2)cc1. The lowest BCUT2D eigenvalue weighted by molar-refractivity contribution is -0.00518. The normalized spacial score (nSPS) is 20.6. The second-order valence-corrected chi connectivity index (χ2v) is 17.3. The minimum Gasteiger partial charge on any atom is -0.311 e. The van der Waals surface area contributed by atoms with Crippen molar-refractivity contribution in [3.8, 4) is 22.3 Å². The van der Waals surface area contributed by atoms with Crippen LogP contribution in [-0.4, -0.2) is 0 Å². The van der Waals surface area contributed by atoms with Crippen LogP contribution >= 0.6 is 0 Å². The molecule has 0 saturated heterocycles. The predicted molar refractivity (Wildman–Crippen MR) is 244 cm³/mol. The van der Waals surface area contributed by atoms with Crippen molar-refractivity contribution in [2.24, 2.45) is 17.8 Å². The highest BCUT2D eigenvalue weighted by Gasteiger charge is 2.51. The van der Waals surface area contributed by atoms with Gasteiger partial charge in [0.15, 0.2) is 0 Å². The third kappa shape index (κ3) is 6.38. The van der Waals surface area contributed by atoms with Crippen LogP contribution in [0.5, 0.6) is 0 Å². The lowest BCUT2D eigenvalue weighted by Crippen LogP contribution is -2.48. The minimum atomic E-state index is 0.438. The number of benzene rings is 8. The molecule has 0 radical (unpaired) electrons. The highest BCUT2D eigenvalue weighted by molar-refractivity contribution is 5.99. The molecule has 8 aromatic rings. The number of fused-ring (bicyclic) bond motifs is 1. The molecule has 2 heteroatoms. The third-order valence-electron chi connectivity index (χ3n) is 13.6. The first-order valence-electron chi connectivity index (χ1n) is 21.3. The van der Waals surface area contributed by atoms with Crippen molar-refractivity contribution in [3.05, 3.63) is 206 Å². The van der Waals surface area contributed by atoms with Gasteiger partial charge in [0.05, 0.1) is 5.69 Å². The fraction of sp³-hybridized carbons (Fsp3) is 0.179. The number of para-hydroxylation sites is 2. The van der Waals surface area contributed by atoms with Crippen molar-refractivity contribution < 1.29 is 0 Å². The first kappa shape index (κ1) is 34.8. The van der Waals surface area contributed by atoms with Gasteiger partial charge in [0.25, 0.3) is 0 Å². The Balaban J connectivity index is 0.859. The molecule has 0 N–H and O–H groups in total. The van der Waals surface area contributed by atoms with Gasteiger partial charge in [-0.25, -0.2) is 0 Å². The summed E-state index contributed by atoms with van der Waals surface area (Å²) in [5.74, 6) is 2.90. The van der Waals surface area contributed by atoms with Gasteiger partial charge in [0, 0.05) is 33.8 Å². The van der Waals surface area contributed by atoms with Crippen molar-refractivity contribution in [2.75, 3.05) is 9.80 Å². The molecule has 0 aromatic heterocycles. The van der Waals surface area contributed by atoms with E-state index >= 15 is 0 Å². The van der Waals surface area contributed by atoms with Gasteiger partial charge in [-0.3, -0.25) is 0 Å². The molecule has 0 amide bonds. The summed E-state index contributed by atoms with van der Waals surface area (Å²) in [6.45, 7) is 0. The van der Waals surface area contributed by atoms with Crippen LogP contribution in [0.1, 0.15) is 44.1 Å². The van der Waals surface area contributed by atoms with Gasteiger partial charge in [0.2, 0.25) is 0 Å². The second kappa shape index (κ2) is 14.5. The Morgan fingerprint density at radius 3 is 1.21 bits per heavy atom. The monoisotopic (exact) mass is 748 g/mol. The summed E-state index contributed by atoms with van der Waals surface area (Å²) in [6.07, 6.45) is 8.71. The first-order chi connectivity index (χ1) is 28.7. The average molecular weight is 749 g/mol. The molecule has 4 fully saturated rings. The molecule has 58 heavy (non-hydrogen) atoms. The van der Waals surface area contributed by atoms with Crippen LogP contribution in [0.4, 0.5) is 34.1 Å². The smallest absolute Gasteiger partial charge is 0.0540 e. The summed E-state index contributed by atoms with van der Waals surface area (Å²) in [4.78, 5) is 4.71.